The highest BCUT2D eigenvalue weighted by atomic mass is 32.2. The first-order valence-electron chi connectivity index (χ1n) is 4.21. The number of ether oxygens (including phenoxy) is 1. The normalized spacial score (nSPS) is 23.1. The van der Waals surface area contributed by atoms with E-state index < -0.39 is 15.9 Å². The van der Waals surface area contributed by atoms with Gasteiger partial charge in [0.05, 0.1) is 17.8 Å². The summed E-state index contributed by atoms with van der Waals surface area (Å²) in [4.78, 5) is 0.339. The monoisotopic (exact) mass is 213 g/mol. The maximum atomic E-state index is 11.5. The first-order chi connectivity index (χ1) is 6.54. The van der Waals surface area contributed by atoms with Gasteiger partial charge in [0.25, 0.3) is 0 Å². The standard InChI is InChI=1S/C9H11NO3S/c1-13-6-2-3-9-7(4-6)8(10)5-14(9,11)12/h2-4,8H,5,10H2,1H3. The Kier molecular flexibility index (Phi) is 2.01. The molecule has 1 heterocycles. The quantitative estimate of drug-likeness (QED) is 0.736. The fourth-order valence-electron chi connectivity index (χ4n) is 1.64. The van der Waals surface area contributed by atoms with Crippen LogP contribution in [0.3, 0.4) is 0 Å². The number of hydrogen-bond acceptors (Lipinski definition) is 4. The van der Waals surface area contributed by atoms with Crippen LogP contribution in [0.5, 0.6) is 5.75 Å². The van der Waals surface area contributed by atoms with Gasteiger partial charge in [0.15, 0.2) is 9.84 Å². The van der Waals surface area contributed by atoms with Crippen LogP contribution in [-0.4, -0.2) is 21.3 Å². The molecule has 1 aromatic carbocycles. The van der Waals surface area contributed by atoms with Crippen molar-refractivity contribution in [1.29, 1.82) is 0 Å². The van der Waals surface area contributed by atoms with Gasteiger partial charge >= 0.3 is 0 Å². The molecule has 0 fully saturated rings. The Morgan fingerprint density at radius 3 is 2.86 bits per heavy atom. The largest absolute Gasteiger partial charge is 0.497 e. The van der Waals surface area contributed by atoms with Gasteiger partial charge in [-0.15, -0.1) is 0 Å². The number of nitrogens with two attached hydrogens (primary N) is 1. The molecule has 76 valence electrons. The van der Waals surface area contributed by atoms with Crippen LogP contribution in [0.4, 0.5) is 0 Å². The summed E-state index contributed by atoms with van der Waals surface area (Å²) in [5, 5.41) is 0. The number of rotatable bonds is 1. The first kappa shape index (κ1) is 9.48. The predicted molar refractivity (Wildman–Crippen MR) is 52.0 cm³/mol. The van der Waals surface area contributed by atoms with E-state index in [0.717, 1.165) is 0 Å². The smallest absolute Gasteiger partial charge is 0.180 e. The molecule has 1 aliphatic rings. The lowest BCUT2D eigenvalue weighted by molar-refractivity contribution is 0.413. The minimum Gasteiger partial charge on any atom is -0.497 e. The Hall–Kier alpha value is -1.07. The number of sulfone groups is 1. The molecule has 1 aliphatic heterocycles. The van der Waals surface area contributed by atoms with Gasteiger partial charge in [-0.3, -0.25) is 0 Å². The van der Waals surface area contributed by atoms with Crippen LogP contribution >= 0.6 is 0 Å². The minimum absolute atomic E-state index is 0.00446. The molecule has 2 rings (SSSR count). The lowest BCUT2D eigenvalue weighted by Gasteiger charge is -2.04. The van der Waals surface area contributed by atoms with Crippen molar-refractivity contribution in [2.75, 3.05) is 12.9 Å². The number of fused-ring (bicyclic) bond motifs is 1. The lowest BCUT2D eigenvalue weighted by atomic mass is 10.1. The molecule has 0 aliphatic carbocycles. The van der Waals surface area contributed by atoms with Crippen LogP contribution in [0.25, 0.3) is 0 Å². The summed E-state index contributed by atoms with van der Waals surface area (Å²) in [5.41, 5.74) is 6.37. The highest BCUT2D eigenvalue weighted by Crippen LogP contribution is 2.34. The zero-order chi connectivity index (χ0) is 10.3. The van der Waals surface area contributed by atoms with Crippen molar-refractivity contribution in [1.82, 2.24) is 0 Å². The van der Waals surface area contributed by atoms with Crippen LogP contribution in [0.1, 0.15) is 11.6 Å². The summed E-state index contributed by atoms with van der Waals surface area (Å²) in [6.45, 7) is 0. The Morgan fingerprint density at radius 2 is 2.21 bits per heavy atom. The molecule has 0 spiro atoms. The van der Waals surface area contributed by atoms with Crippen LogP contribution in [-0.2, 0) is 9.84 Å². The molecule has 0 aromatic heterocycles. The molecule has 0 bridgehead atoms. The van der Waals surface area contributed by atoms with Gasteiger partial charge in [-0.05, 0) is 23.8 Å². The molecule has 0 amide bonds. The fourth-order valence-corrected chi connectivity index (χ4v) is 3.32. The van der Waals surface area contributed by atoms with Crippen molar-refractivity contribution in [3.63, 3.8) is 0 Å². The Bertz CT molecular complexity index is 467. The summed E-state index contributed by atoms with van der Waals surface area (Å²) < 4.78 is 28.1. The van der Waals surface area contributed by atoms with Crippen LogP contribution in [0.15, 0.2) is 23.1 Å². The summed E-state index contributed by atoms with van der Waals surface area (Å²) in [5.74, 6) is 0.631. The third kappa shape index (κ3) is 1.29. The van der Waals surface area contributed by atoms with E-state index >= 15 is 0 Å². The summed E-state index contributed by atoms with van der Waals surface area (Å²) in [7, 11) is -1.62. The van der Waals surface area contributed by atoms with E-state index in [-0.39, 0.29) is 5.75 Å². The molecule has 14 heavy (non-hydrogen) atoms. The average Bonchev–Trinajstić information content (AvgIpc) is 2.37. The van der Waals surface area contributed by atoms with E-state index in [0.29, 0.717) is 16.2 Å². The highest BCUT2D eigenvalue weighted by molar-refractivity contribution is 7.91. The van der Waals surface area contributed by atoms with E-state index in [1.165, 1.54) is 7.11 Å². The van der Waals surface area contributed by atoms with Crippen LogP contribution in [0.2, 0.25) is 0 Å². The van der Waals surface area contributed by atoms with E-state index in [4.69, 9.17) is 10.5 Å². The lowest BCUT2D eigenvalue weighted by Crippen LogP contribution is -2.11. The molecule has 0 radical (unpaired) electrons. The number of hydrogen-bond donors (Lipinski definition) is 1. The first-order valence-corrected chi connectivity index (χ1v) is 5.86. The maximum Gasteiger partial charge on any atom is 0.180 e. The van der Waals surface area contributed by atoms with Crippen molar-refractivity contribution in [3.8, 4) is 5.75 Å². The average molecular weight is 213 g/mol. The van der Waals surface area contributed by atoms with Gasteiger partial charge < -0.3 is 10.5 Å². The molecular formula is C9H11NO3S. The second kappa shape index (κ2) is 2.96. The zero-order valence-corrected chi connectivity index (χ0v) is 8.54. The molecule has 5 heteroatoms. The maximum absolute atomic E-state index is 11.5. The molecule has 0 saturated carbocycles. The van der Waals surface area contributed by atoms with Gasteiger partial charge in [-0.25, -0.2) is 8.42 Å². The highest BCUT2D eigenvalue weighted by Gasteiger charge is 2.32. The molecule has 1 atom stereocenters. The third-order valence-electron chi connectivity index (χ3n) is 2.35. The topological polar surface area (TPSA) is 69.4 Å². The van der Waals surface area contributed by atoms with Crippen molar-refractivity contribution in [2.24, 2.45) is 5.73 Å². The molecular weight excluding hydrogens is 202 g/mol. The van der Waals surface area contributed by atoms with Crippen molar-refractivity contribution in [2.45, 2.75) is 10.9 Å². The number of benzene rings is 1. The molecule has 2 N–H and O–H groups in total. The molecule has 0 saturated heterocycles. The second-order valence-electron chi connectivity index (χ2n) is 3.29. The Balaban J connectivity index is 2.64. The van der Waals surface area contributed by atoms with Gasteiger partial charge in [0.2, 0.25) is 0 Å². The SMILES string of the molecule is COc1ccc2c(c1)C(N)CS2(=O)=O. The molecule has 1 aromatic rings. The van der Waals surface area contributed by atoms with Crippen LogP contribution in [0, 0.1) is 0 Å². The zero-order valence-electron chi connectivity index (χ0n) is 7.73. The summed E-state index contributed by atoms with van der Waals surface area (Å²) in [6.07, 6.45) is 0. The predicted octanol–water partition coefficient (Wildman–Crippen LogP) is 0.482. The van der Waals surface area contributed by atoms with E-state index in [2.05, 4.69) is 0 Å². The van der Waals surface area contributed by atoms with Crippen molar-refractivity contribution >= 4 is 9.84 Å². The summed E-state index contributed by atoms with van der Waals surface area (Å²) in [6, 6.07) is 4.44. The van der Waals surface area contributed by atoms with Crippen LogP contribution < -0.4 is 10.5 Å². The summed E-state index contributed by atoms with van der Waals surface area (Å²) >= 11 is 0. The van der Waals surface area contributed by atoms with Crippen molar-refractivity contribution < 1.29 is 13.2 Å². The Morgan fingerprint density at radius 1 is 1.50 bits per heavy atom. The van der Waals surface area contributed by atoms with Gasteiger partial charge in [-0.1, -0.05) is 0 Å². The minimum atomic E-state index is -3.16. The van der Waals surface area contributed by atoms with Gasteiger partial charge in [0, 0.05) is 6.04 Å². The molecule has 1 unspecified atom stereocenters. The van der Waals surface area contributed by atoms with Gasteiger partial charge in [-0.2, -0.15) is 0 Å². The van der Waals surface area contributed by atoms with Crippen molar-refractivity contribution in [3.05, 3.63) is 23.8 Å². The number of methoxy groups -OCH3 is 1. The van der Waals surface area contributed by atoms with Gasteiger partial charge in [0.1, 0.15) is 5.75 Å². The van der Waals surface area contributed by atoms with E-state index in [1.54, 1.807) is 18.2 Å². The van der Waals surface area contributed by atoms with E-state index in [1.807, 2.05) is 0 Å². The Labute approximate surface area is 82.6 Å². The fraction of sp³-hybridized carbons (Fsp3) is 0.333. The third-order valence-corrected chi connectivity index (χ3v) is 4.19. The van der Waals surface area contributed by atoms with E-state index in [9.17, 15) is 8.42 Å². The molecule has 4 nitrogen and oxygen atoms in total. The second-order valence-corrected chi connectivity index (χ2v) is 5.29.